The third-order valence-electron chi connectivity index (χ3n) is 3.93. The van der Waals surface area contributed by atoms with Crippen LogP contribution in [0.1, 0.15) is 25.5 Å². The Hall–Kier alpha value is -1.01. The van der Waals surface area contributed by atoms with Gasteiger partial charge >= 0.3 is 5.97 Å². The van der Waals surface area contributed by atoms with E-state index in [1.165, 1.54) is 24.6 Å². The number of likely N-dealkylation sites (tertiary alicyclic amines) is 1. The van der Waals surface area contributed by atoms with Crippen molar-refractivity contribution in [2.75, 3.05) is 25.9 Å². The maximum atomic E-state index is 10.7. The summed E-state index contributed by atoms with van der Waals surface area (Å²) < 4.78 is 2.13. The second-order valence-corrected chi connectivity index (χ2v) is 7.03. The molecular formula is C14H23N3O2S. The first-order valence-corrected chi connectivity index (χ1v) is 7.93. The van der Waals surface area contributed by atoms with Crippen molar-refractivity contribution in [2.24, 2.45) is 5.41 Å². The monoisotopic (exact) mass is 297 g/mol. The fraction of sp³-hybridized carbons (Fsp3) is 0.714. The molecule has 0 aliphatic carbocycles. The van der Waals surface area contributed by atoms with Crippen LogP contribution in [0.4, 0.5) is 0 Å². The van der Waals surface area contributed by atoms with Crippen molar-refractivity contribution in [1.82, 2.24) is 14.5 Å². The predicted molar refractivity (Wildman–Crippen MR) is 80.2 cm³/mol. The van der Waals surface area contributed by atoms with Gasteiger partial charge in [0.25, 0.3) is 0 Å². The van der Waals surface area contributed by atoms with E-state index in [1.54, 1.807) is 0 Å². The summed E-state index contributed by atoms with van der Waals surface area (Å²) in [6.07, 6.45) is 4.38. The quantitative estimate of drug-likeness (QED) is 0.844. The van der Waals surface area contributed by atoms with Crippen molar-refractivity contribution in [3.63, 3.8) is 0 Å². The van der Waals surface area contributed by atoms with E-state index < -0.39 is 5.97 Å². The molecule has 1 N–H and O–H groups in total. The van der Waals surface area contributed by atoms with Crippen LogP contribution >= 0.6 is 11.8 Å². The zero-order chi connectivity index (χ0) is 14.8. The predicted octanol–water partition coefficient (Wildman–Crippen LogP) is 2.10. The first-order valence-electron chi connectivity index (χ1n) is 6.95. The van der Waals surface area contributed by atoms with Gasteiger partial charge in [0, 0.05) is 12.7 Å². The van der Waals surface area contributed by atoms with Crippen LogP contribution in [0.25, 0.3) is 0 Å². The van der Waals surface area contributed by atoms with Gasteiger partial charge in [-0.3, -0.25) is 4.79 Å². The minimum atomic E-state index is -0.798. The molecule has 1 aliphatic rings. The third kappa shape index (κ3) is 3.99. The van der Waals surface area contributed by atoms with Gasteiger partial charge in [0.05, 0.1) is 11.4 Å². The van der Waals surface area contributed by atoms with Gasteiger partial charge < -0.3 is 14.6 Å². The normalized spacial score (nSPS) is 19.1. The SMILES string of the molecule is Cc1cn(CC2(C)CCN(C)CC2)c(SCC(=O)O)n1. The molecule has 1 fully saturated rings. The average molecular weight is 297 g/mol. The number of imidazole rings is 1. The van der Waals surface area contributed by atoms with Crippen molar-refractivity contribution in [3.05, 3.63) is 11.9 Å². The van der Waals surface area contributed by atoms with Crippen molar-refractivity contribution in [1.29, 1.82) is 0 Å². The number of aryl methyl sites for hydroxylation is 1. The fourth-order valence-corrected chi connectivity index (χ4v) is 3.35. The Bertz CT molecular complexity index is 479. The smallest absolute Gasteiger partial charge is 0.313 e. The largest absolute Gasteiger partial charge is 0.481 e. The molecule has 6 heteroatoms. The number of carbonyl (C=O) groups is 1. The Morgan fingerprint density at radius 3 is 2.75 bits per heavy atom. The molecule has 2 rings (SSSR count). The van der Waals surface area contributed by atoms with E-state index in [1.807, 2.05) is 13.1 Å². The molecule has 1 aromatic rings. The highest BCUT2D eigenvalue weighted by Crippen LogP contribution is 2.33. The first kappa shape index (κ1) is 15.4. The highest BCUT2D eigenvalue weighted by atomic mass is 32.2. The molecule has 20 heavy (non-hydrogen) atoms. The molecular weight excluding hydrogens is 274 g/mol. The molecule has 0 saturated carbocycles. The molecule has 5 nitrogen and oxygen atoms in total. The van der Waals surface area contributed by atoms with Gasteiger partial charge in [-0.25, -0.2) is 4.98 Å². The Morgan fingerprint density at radius 1 is 1.50 bits per heavy atom. The van der Waals surface area contributed by atoms with Crippen molar-refractivity contribution < 1.29 is 9.90 Å². The first-order chi connectivity index (χ1) is 9.38. The molecule has 1 aromatic heterocycles. The molecule has 0 spiro atoms. The van der Waals surface area contributed by atoms with Crippen LogP contribution < -0.4 is 0 Å². The lowest BCUT2D eigenvalue weighted by molar-refractivity contribution is -0.133. The molecule has 0 amide bonds. The van der Waals surface area contributed by atoms with Crippen LogP contribution in [0.3, 0.4) is 0 Å². The van der Waals surface area contributed by atoms with E-state index in [9.17, 15) is 4.79 Å². The highest BCUT2D eigenvalue weighted by Gasteiger charge is 2.30. The minimum absolute atomic E-state index is 0.0654. The summed E-state index contributed by atoms with van der Waals surface area (Å²) in [5, 5.41) is 9.63. The number of rotatable bonds is 5. The summed E-state index contributed by atoms with van der Waals surface area (Å²) in [5.41, 5.74) is 1.23. The number of hydrogen-bond donors (Lipinski definition) is 1. The number of piperidine rings is 1. The minimum Gasteiger partial charge on any atom is -0.481 e. The molecule has 2 heterocycles. The summed E-state index contributed by atoms with van der Waals surface area (Å²) in [6, 6.07) is 0. The second-order valence-electron chi connectivity index (χ2n) is 6.09. The third-order valence-corrected chi connectivity index (χ3v) is 4.91. The van der Waals surface area contributed by atoms with Gasteiger partial charge in [-0.15, -0.1) is 0 Å². The number of aliphatic carboxylic acids is 1. The van der Waals surface area contributed by atoms with Crippen LogP contribution in [-0.2, 0) is 11.3 Å². The maximum absolute atomic E-state index is 10.7. The lowest BCUT2D eigenvalue weighted by Gasteiger charge is -2.38. The van der Waals surface area contributed by atoms with Crippen LogP contribution in [0.2, 0.25) is 0 Å². The molecule has 1 saturated heterocycles. The fourth-order valence-electron chi connectivity index (χ4n) is 2.61. The van der Waals surface area contributed by atoms with E-state index >= 15 is 0 Å². The van der Waals surface area contributed by atoms with Gasteiger partial charge in [0.15, 0.2) is 5.16 Å². The van der Waals surface area contributed by atoms with Crippen LogP contribution in [0.5, 0.6) is 0 Å². The topological polar surface area (TPSA) is 58.4 Å². The van der Waals surface area contributed by atoms with Gasteiger partial charge in [0.2, 0.25) is 0 Å². The Labute approximate surface area is 124 Å². The van der Waals surface area contributed by atoms with E-state index in [-0.39, 0.29) is 11.2 Å². The second kappa shape index (κ2) is 6.18. The molecule has 0 unspecified atom stereocenters. The Kier molecular flexibility index (Phi) is 4.75. The molecule has 0 bridgehead atoms. The van der Waals surface area contributed by atoms with Crippen molar-refractivity contribution >= 4 is 17.7 Å². The van der Waals surface area contributed by atoms with Gasteiger partial charge in [-0.2, -0.15) is 0 Å². The number of nitrogens with zero attached hydrogens (tertiary/aromatic N) is 3. The van der Waals surface area contributed by atoms with E-state index in [2.05, 4.69) is 28.4 Å². The standard InChI is InChI=1S/C14H23N3O2S/c1-11-8-17(13(15-11)20-9-12(18)19)10-14(2)4-6-16(3)7-5-14/h8H,4-7,9-10H2,1-3H3,(H,18,19). The lowest BCUT2D eigenvalue weighted by atomic mass is 9.80. The Balaban J connectivity index is 2.06. The van der Waals surface area contributed by atoms with Crippen LogP contribution in [0.15, 0.2) is 11.4 Å². The van der Waals surface area contributed by atoms with Crippen LogP contribution in [-0.4, -0.2) is 51.4 Å². The number of carboxylic acid groups (broad SMARTS) is 1. The highest BCUT2D eigenvalue weighted by molar-refractivity contribution is 7.99. The summed E-state index contributed by atoms with van der Waals surface area (Å²) in [6.45, 7) is 7.45. The molecule has 0 atom stereocenters. The number of hydrogen-bond acceptors (Lipinski definition) is 4. The van der Waals surface area contributed by atoms with Gasteiger partial charge in [-0.1, -0.05) is 18.7 Å². The molecule has 1 aliphatic heterocycles. The molecule has 112 valence electrons. The van der Waals surface area contributed by atoms with Gasteiger partial charge in [-0.05, 0) is 45.3 Å². The summed E-state index contributed by atoms with van der Waals surface area (Å²) in [7, 11) is 2.16. The van der Waals surface area contributed by atoms with E-state index in [4.69, 9.17) is 5.11 Å². The van der Waals surface area contributed by atoms with Gasteiger partial charge in [0.1, 0.15) is 0 Å². The van der Waals surface area contributed by atoms with Crippen molar-refractivity contribution in [2.45, 2.75) is 38.4 Å². The average Bonchev–Trinajstić information content (AvgIpc) is 2.71. The van der Waals surface area contributed by atoms with Crippen LogP contribution in [0, 0.1) is 12.3 Å². The zero-order valence-electron chi connectivity index (χ0n) is 12.4. The molecule has 0 radical (unpaired) electrons. The van der Waals surface area contributed by atoms with Crippen molar-refractivity contribution in [3.8, 4) is 0 Å². The summed E-state index contributed by atoms with van der Waals surface area (Å²) in [4.78, 5) is 17.5. The summed E-state index contributed by atoms with van der Waals surface area (Å²) >= 11 is 1.31. The maximum Gasteiger partial charge on any atom is 0.313 e. The number of aromatic nitrogens is 2. The number of carboxylic acids is 1. The zero-order valence-corrected chi connectivity index (χ0v) is 13.2. The summed E-state index contributed by atoms with van der Waals surface area (Å²) in [5.74, 6) is -0.733. The van der Waals surface area contributed by atoms with E-state index in [0.29, 0.717) is 0 Å². The molecule has 0 aromatic carbocycles. The lowest BCUT2D eigenvalue weighted by Crippen LogP contribution is -2.38. The Morgan fingerprint density at radius 2 is 2.15 bits per heavy atom. The number of thioether (sulfide) groups is 1. The van der Waals surface area contributed by atoms with E-state index in [0.717, 1.165) is 30.5 Å².